The van der Waals surface area contributed by atoms with Crippen LogP contribution < -0.4 is 15.4 Å². The Labute approximate surface area is 256 Å². The molecule has 2 amide bonds. The van der Waals surface area contributed by atoms with Crippen molar-refractivity contribution >= 4 is 23.5 Å². The molecule has 0 spiro atoms. The molecule has 4 rings (SSSR count). The number of benzene rings is 1. The SMILES string of the molecule is Cc1cc(OCc2c(F)cccc2F)n2nc(C)c(C(=O)N[C@@H](COC(=O)C(F)(F)F)c3nnc([C@@H](NC(=O)O)C(C)C)o3)c2c1. The third kappa shape index (κ3) is 7.49. The molecule has 2 atom stereocenters. The first kappa shape index (κ1) is 33.6. The number of hydrogen-bond donors (Lipinski definition) is 3. The van der Waals surface area contributed by atoms with Crippen LogP contribution in [0.15, 0.2) is 34.7 Å². The van der Waals surface area contributed by atoms with Gasteiger partial charge in [0.05, 0.1) is 22.3 Å². The normalized spacial score (nSPS) is 13.0. The first-order valence-electron chi connectivity index (χ1n) is 13.5. The van der Waals surface area contributed by atoms with E-state index in [2.05, 4.69) is 30.7 Å². The molecule has 46 heavy (non-hydrogen) atoms. The van der Waals surface area contributed by atoms with Crippen LogP contribution in [-0.2, 0) is 16.1 Å². The Morgan fingerprint density at radius 1 is 1.04 bits per heavy atom. The lowest BCUT2D eigenvalue weighted by molar-refractivity contribution is -0.200. The van der Waals surface area contributed by atoms with Gasteiger partial charge in [0.25, 0.3) is 5.91 Å². The minimum Gasteiger partial charge on any atom is -0.473 e. The standard InChI is InChI=1S/C28H27F5N6O7/c1-12(2)22(35-27(42)43)25-37-36-24(46-25)18(11-45-26(41)28(31,32)33)34-23(40)21-14(4)38-39-19(21)8-13(3)9-20(39)44-10-15-16(29)6-5-7-17(15)30/h5-9,12,18,22,35H,10-11H2,1-4H3,(H,34,40)(H,42,43)/t18-,22-/m0/s1. The summed E-state index contributed by atoms with van der Waals surface area (Å²) in [5.41, 5.74) is 0.403. The second-order valence-corrected chi connectivity index (χ2v) is 10.4. The zero-order chi connectivity index (χ0) is 33.9. The number of carbonyl (C=O) groups is 3. The maximum atomic E-state index is 14.2. The van der Waals surface area contributed by atoms with E-state index in [0.717, 1.165) is 12.1 Å². The molecule has 0 fully saturated rings. The number of hydrogen-bond acceptors (Lipinski definition) is 9. The number of aromatic nitrogens is 4. The summed E-state index contributed by atoms with van der Waals surface area (Å²) in [6.45, 7) is 4.76. The van der Waals surface area contributed by atoms with Gasteiger partial charge in [-0.25, -0.2) is 18.4 Å². The maximum absolute atomic E-state index is 14.2. The van der Waals surface area contributed by atoms with Crippen molar-refractivity contribution in [3.8, 4) is 5.88 Å². The Bertz CT molecular complexity index is 1750. The Hall–Kier alpha value is -5.29. The minimum absolute atomic E-state index is 0.0164. The van der Waals surface area contributed by atoms with Crippen LogP contribution in [0.25, 0.3) is 5.52 Å². The van der Waals surface area contributed by atoms with Gasteiger partial charge >= 0.3 is 18.2 Å². The Morgan fingerprint density at radius 2 is 1.70 bits per heavy atom. The summed E-state index contributed by atoms with van der Waals surface area (Å²) in [6.07, 6.45) is -6.76. The van der Waals surface area contributed by atoms with Crippen molar-refractivity contribution in [2.75, 3.05) is 6.61 Å². The van der Waals surface area contributed by atoms with Crippen molar-refractivity contribution in [2.45, 2.75) is 52.6 Å². The van der Waals surface area contributed by atoms with Crippen LogP contribution in [0.2, 0.25) is 0 Å². The van der Waals surface area contributed by atoms with Gasteiger partial charge in [0.15, 0.2) is 0 Å². The number of nitrogens with zero attached hydrogens (tertiary/aromatic N) is 4. The third-order valence-corrected chi connectivity index (χ3v) is 6.56. The monoisotopic (exact) mass is 654 g/mol. The van der Waals surface area contributed by atoms with Gasteiger partial charge in [0.1, 0.15) is 36.9 Å². The predicted octanol–water partition coefficient (Wildman–Crippen LogP) is 4.73. The number of esters is 1. The Balaban J connectivity index is 1.67. The summed E-state index contributed by atoms with van der Waals surface area (Å²) < 4.78 is 83.7. The van der Waals surface area contributed by atoms with Gasteiger partial charge in [-0.2, -0.15) is 22.8 Å². The average molecular weight is 655 g/mol. The number of nitrogens with one attached hydrogen (secondary N) is 2. The van der Waals surface area contributed by atoms with Crippen molar-refractivity contribution in [1.82, 2.24) is 30.4 Å². The first-order valence-corrected chi connectivity index (χ1v) is 13.5. The van der Waals surface area contributed by atoms with Gasteiger partial charge in [-0.05, 0) is 43.5 Å². The lowest BCUT2D eigenvalue weighted by atomic mass is 10.1. The highest BCUT2D eigenvalue weighted by molar-refractivity contribution is 6.02. The minimum atomic E-state index is -5.35. The molecule has 3 N–H and O–H groups in total. The molecular formula is C28H27F5N6O7. The fourth-order valence-corrected chi connectivity index (χ4v) is 4.36. The number of pyridine rings is 1. The Morgan fingerprint density at radius 3 is 2.30 bits per heavy atom. The second kappa shape index (κ2) is 13.4. The molecule has 3 aromatic heterocycles. The van der Waals surface area contributed by atoms with E-state index in [1.807, 2.05) is 0 Å². The predicted molar refractivity (Wildman–Crippen MR) is 146 cm³/mol. The topological polar surface area (TPSA) is 170 Å². The van der Waals surface area contributed by atoms with E-state index in [0.29, 0.717) is 5.56 Å². The summed E-state index contributed by atoms with van der Waals surface area (Å²) in [4.78, 5) is 36.3. The first-order chi connectivity index (χ1) is 21.6. The van der Waals surface area contributed by atoms with Crippen LogP contribution in [-0.4, -0.2) is 55.7 Å². The van der Waals surface area contributed by atoms with Crippen LogP contribution in [0.1, 0.15) is 64.9 Å². The molecule has 0 aliphatic rings. The van der Waals surface area contributed by atoms with Gasteiger partial charge in [-0.1, -0.05) is 19.9 Å². The van der Waals surface area contributed by atoms with Gasteiger partial charge < -0.3 is 29.6 Å². The molecule has 0 unspecified atom stereocenters. The number of alkyl halides is 3. The highest BCUT2D eigenvalue weighted by Gasteiger charge is 2.42. The molecule has 0 radical (unpaired) electrons. The van der Waals surface area contributed by atoms with Crippen molar-refractivity contribution in [3.63, 3.8) is 0 Å². The van der Waals surface area contributed by atoms with Crippen LogP contribution in [0, 0.1) is 31.4 Å². The van der Waals surface area contributed by atoms with E-state index in [1.165, 1.54) is 23.6 Å². The van der Waals surface area contributed by atoms with Crippen molar-refractivity contribution in [1.29, 1.82) is 0 Å². The van der Waals surface area contributed by atoms with Crippen molar-refractivity contribution in [3.05, 3.63) is 76.1 Å². The van der Waals surface area contributed by atoms with Crippen LogP contribution >= 0.6 is 0 Å². The molecule has 246 valence electrons. The van der Waals surface area contributed by atoms with Gasteiger partial charge in [0.2, 0.25) is 17.7 Å². The summed E-state index contributed by atoms with van der Waals surface area (Å²) in [7, 11) is 0. The molecule has 0 saturated carbocycles. The van der Waals surface area contributed by atoms with Crippen LogP contribution in [0.5, 0.6) is 5.88 Å². The Kier molecular flexibility index (Phi) is 9.77. The quantitative estimate of drug-likeness (QED) is 0.152. The van der Waals surface area contributed by atoms with E-state index < -0.39 is 72.9 Å². The smallest absolute Gasteiger partial charge is 0.473 e. The second-order valence-electron chi connectivity index (χ2n) is 10.4. The molecule has 18 heteroatoms. The van der Waals surface area contributed by atoms with E-state index in [-0.39, 0.29) is 34.1 Å². The van der Waals surface area contributed by atoms with Crippen LogP contribution in [0.3, 0.4) is 0 Å². The lowest BCUT2D eigenvalue weighted by Gasteiger charge is -2.18. The van der Waals surface area contributed by atoms with Gasteiger partial charge in [-0.3, -0.25) is 4.79 Å². The largest absolute Gasteiger partial charge is 0.490 e. The number of ether oxygens (including phenoxy) is 2. The number of fused-ring (bicyclic) bond motifs is 1. The third-order valence-electron chi connectivity index (χ3n) is 6.56. The van der Waals surface area contributed by atoms with E-state index in [1.54, 1.807) is 26.8 Å². The molecule has 0 aliphatic heterocycles. The number of rotatable bonds is 11. The number of halogens is 5. The van der Waals surface area contributed by atoms with E-state index in [4.69, 9.17) is 14.3 Å². The fraction of sp³-hybridized carbons (Fsp3) is 0.357. The van der Waals surface area contributed by atoms with Crippen molar-refractivity contribution in [2.24, 2.45) is 5.92 Å². The fourth-order valence-electron chi connectivity index (χ4n) is 4.36. The number of carbonyl (C=O) groups excluding carboxylic acids is 2. The lowest BCUT2D eigenvalue weighted by Crippen LogP contribution is -2.35. The maximum Gasteiger partial charge on any atom is 0.490 e. The summed E-state index contributed by atoms with van der Waals surface area (Å²) in [6, 6.07) is 3.73. The van der Waals surface area contributed by atoms with E-state index >= 15 is 0 Å². The summed E-state index contributed by atoms with van der Waals surface area (Å²) in [5.74, 6) is -6.27. The highest BCUT2D eigenvalue weighted by Crippen LogP contribution is 2.27. The summed E-state index contributed by atoms with van der Waals surface area (Å²) >= 11 is 0. The molecule has 0 saturated heterocycles. The number of amides is 2. The molecule has 3 heterocycles. The zero-order valence-corrected chi connectivity index (χ0v) is 24.6. The van der Waals surface area contributed by atoms with Gasteiger partial charge in [0, 0.05) is 6.07 Å². The van der Waals surface area contributed by atoms with Crippen molar-refractivity contribution < 1.29 is 55.3 Å². The highest BCUT2D eigenvalue weighted by atomic mass is 19.4. The molecule has 1 aromatic carbocycles. The van der Waals surface area contributed by atoms with Gasteiger partial charge in [-0.15, -0.1) is 10.2 Å². The molecule has 13 nitrogen and oxygen atoms in total. The molecule has 4 aromatic rings. The number of aryl methyl sites for hydroxylation is 2. The molecule has 0 aliphatic carbocycles. The average Bonchev–Trinajstić information content (AvgIpc) is 3.57. The summed E-state index contributed by atoms with van der Waals surface area (Å²) in [5, 5.41) is 25.5. The van der Waals surface area contributed by atoms with Crippen LogP contribution in [0.4, 0.5) is 26.7 Å². The molecular weight excluding hydrogens is 627 g/mol. The number of carboxylic acid groups (broad SMARTS) is 1. The zero-order valence-electron chi connectivity index (χ0n) is 24.6. The van der Waals surface area contributed by atoms with E-state index in [9.17, 15) is 36.3 Å². The molecule has 0 bridgehead atoms.